The van der Waals surface area contributed by atoms with Crippen LogP contribution >= 0.6 is 0 Å². The molecule has 0 amide bonds. The molecular weight excluding hydrogens is 170 g/mol. The van der Waals surface area contributed by atoms with Gasteiger partial charge in [0, 0.05) is 5.54 Å². The molecule has 1 saturated heterocycles. The van der Waals surface area contributed by atoms with Gasteiger partial charge in [-0.05, 0) is 38.6 Å². The first-order valence-electron chi connectivity index (χ1n) is 6.45. The molecule has 0 aromatic rings. The van der Waals surface area contributed by atoms with E-state index in [2.05, 4.69) is 26.1 Å². The highest BCUT2D eigenvalue weighted by Crippen LogP contribution is 2.28. The Morgan fingerprint density at radius 1 is 1.14 bits per heavy atom. The van der Waals surface area contributed by atoms with Crippen LogP contribution in [-0.2, 0) is 0 Å². The van der Waals surface area contributed by atoms with Crippen molar-refractivity contribution in [2.24, 2.45) is 5.92 Å². The SMILES string of the molecule is CCC(CC)CC1(C)CCCCCN1. The average molecular weight is 197 g/mol. The molecule has 0 saturated carbocycles. The second-order valence-electron chi connectivity index (χ2n) is 5.18. The summed E-state index contributed by atoms with van der Waals surface area (Å²) in [6, 6.07) is 0. The van der Waals surface area contributed by atoms with E-state index in [1.54, 1.807) is 0 Å². The van der Waals surface area contributed by atoms with Crippen molar-refractivity contribution in [1.82, 2.24) is 5.32 Å². The third kappa shape index (κ3) is 3.61. The van der Waals surface area contributed by atoms with Crippen LogP contribution in [-0.4, -0.2) is 12.1 Å². The normalized spacial score (nSPS) is 29.1. The molecule has 0 aromatic carbocycles. The fourth-order valence-electron chi connectivity index (χ4n) is 2.68. The van der Waals surface area contributed by atoms with Crippen molar-refractivity contribution in [3.8, 4) is 0 Å². The Labute approximate surface area is 89.7 Å². The van der Waals surface area contributed by atoms with Gasteiger partial charge in [-0.3, -0.25) is 0 Å². The summed E-state index contributed by atoms with van der Waals surface area (Å²) in [5, 5.41) is 3.76. The zero-order valence-corrected chi connectivity index (χ0v) is 10.2. The van der Waals surface area contributed by atoms with Gasteiger partial charge in [0.15, 0.2) is 0 Å². The highest BCUT2D eigenvalue weighted by Gasteiger charge is 2.27. The second kappa shape index (κ2) is 5.75. The quantitative estimate of drug-likeness (QED) is 0.724. The number of hydrogen-bond acceptors (Lipinski definition) is 1. The highest BCUT2D eigenvalue weighted by molar-refractivity contribution is 4.86. The minimum absolute atomic E-state index is 0.438. The van der Waals surface area contributed by atoms with Gasteiger partial charge in [0.1, 0.15) is 0 Å². The maximum absolute atomic E-state index is 3.76. The molecular formula is C13H27N. The lowest BCUT2D eigenvalue weighted by Crippen LogP contribution is -2.43. The van der Waals surface area contributed by atoms with Crippen molar-refractivity contribution in [3.63, 3.8) is 0 Å². The van der Waals surface area contributed by atoms with E-state index in [0.717, 1.165) is 5.92 Å². The van der Waals surface area contributed by atoms with Gasteiger partial charge >= 0.3 is 0 Å². The van der Waals surface area contributed by atoms with E-state index < -0.39 is 0 Å². The first kappa shape index (κ1) is 12.0. The Hall–Kier alpha value is -0.0400. The minimum atomic E-state index is 0.438. The molecule has 1 unspecified atom stereocenters. The van der Waals surface area contributed by atoms with E-state index in [1.165, 1.54) is 51.5 Å². The van der Waals surface area contributed by atoms with Crippen LogP contribution in [0.15, 0.2) is 0 Å². The van der Waals surface area contributed by atoms with Crippen molar-refractivity contribution in [2.75, 3.05) is 6.54 Å². The molecule has 1 fully saturated rings. The molecule has 0 aromatic heterocycles. The fraction of sp³-hybridized carbons (Fsp3) is 1.00. The van der Waals surface area contributed by atoms with Gasteiger partial charge < -0.3 is 5.32 Å². The van der Waals surface area contributed by atoms with Gasteiger partial charge in [0.25, 0.3) is 0 Å². The molecule has 1 aliphatic rings. The zero-order chi connectivity index (χ0) is 10.4. The van der Waals surface area contributed by atoms with E-state index in [9.17, 15) is 0 Å². The molecule has 0 bridgehead atoms. The average Bonchev–Trinajstić information content (AvgIpc) is 2.40. The Morgan fingerprint density at radius 2 is 1.86 bits per heavy atom. The maximum atomic E-state index is 3.76. The Balaban J connectivity index is 2.44. The van der Waals surface area contributed by atoms with E-state index in [4.69, 9.17) is 0 Å². The molecule has 0 aliphatic carbocycles. The second-order valence-corrected chi connectivity index (χ2v) is 5.18. The monoisotopic (exact) mass is 197 g/mol. The van der Waals surface area contributed by atoms with E-state index >= 15 is 0 Å². The molecule has 1 atom stereocenters. The smallest absolute Gasteiger partial charge is 0.0156 e. The predicted octanol–water partition coefficient (Wildman–Crippen LogP) is 3.74. The Morgan fingerprint density at radius 3 is 2.50 bits per heavy atom. The fourth-order valence-corrected chi connectivity index (χ4v) is 2.68. The summed E-state index contributed by atoms with van der Waals surface area (Å²) in [6.07, 6.45) is 9.65. The van der Waals surface area contributed by atoms with Gasteiger partial charge in [0.2, 0.25) is 0 Å². The Bertz CT molecular complexity index is 141. The number of rotatable bonds is 4. The minimum Gasteiger partial charge on any atom is -0.312 e. The molecule has 1 rings (SSSR count). The van der Waals surface area contributed by atoms with Crippen LogP contribution in [0.5, 0.6) is 0 Å². The van der Waals surface area contributed by atoms with Crippen LogP contribution in [0.25, 0.3) is 0 Å². The molecule has 1 nitrogen and oxygen atoms in total. The summed E-state index contributed by atoms with van der Waals surface area (Å²) in [5.41, 5.74) is 0.438. The van der Waals surface area contributed by atoms with Crippen LogP contribution in [0.2, 0.25) is 0 Å². The van der Waals surface area contributed by atoms with Crippen LogP contribution in [0.4, 0.5) is 0 Å². The summed E-state index contributed by atoms with van der Waals surface area (Å²) < 4.78 is 0. The highest BCUT2D eigenvalue weighted by atomic mass is 15.0. The third-order valence-corrected chi connectivity index (χ3v) is 3.85. The van der Waals surface area contributed by atoms with Crippen molar-refractivity contribution in [2.45, 2.75) is 71.3 Å². The lowest BCUT2D eigenvalue weighted by Gasteiger charge is -2.33. The molecule has 0 spiro atoms. The summed E-state index contributed by atoms with van der Waals surface area (Å²) in [4.78, 5) is 0. The molecule has 1 N–H and O–H groups in total. The summed E-state index contributed by atoms with van der Waals surface area (Å²) in [7, 11) is 0. The van der Waals surface area contributed by atoms with Gasteiger partial charge in [0.05, 0.1) is 0 Å². The molecule has 1 heterocycles. The molecule has 14 heavy (non-hydrogen) atoms. The van der Waals surface area contributed by atoms with Crippen LogP contribution < -0.4 is 5.32 Å². The van der Waals surface area contributed by atoms with Crippen molar-refractivity contribution in [3.05, 3.63) is 0 Å². The van der Waals surface area contributed by atoms with Crippen molar-refractivity contribution in [1.29, 1.82) is 0 Å². The number of nitrogens with one attached hydrogen (secondary N) is 1. The van der Waals surface area contributed by atoms with Gasteiger partial charge in [-0.2, -0.15) is 0 Å². The summed E-state index contributed by atoms with van der Waals surface area (Å²) >= 11 is 0. The molecule has 1 aliphatic heterocycles. The zero-order valence-electron chi connectivity index (χ0n) is 10.2. The maximum Gasteiger partial charge on any atom is 0.0156 e. The van der Waals surface area contributed by atoms with Crippen LogP contribution in [0.3, 0.4) is 0 Å². The van der Waals surface area contributed by atoms with Crippen LogP contribution in [0.1, 0.15) is 65.7 Å². The first-order chi connectivity index (χ1) is 6.70. The van der Waals surface area contributed by atoms with Crippen molar-refractivity contribution >= 4 is 0 Å². The van der Waals surface area contributed by atoms with Gasteiger partial charge in [-0.25, -0.2) is 0 Å². The Kier molecular flexibility index (Phi) is 4.94. The standard InChI is InChI=1S/C13H27N/c1-4-12(5-2)11-13(3)9-7-6-8-10-14-13/h12,14H,4-11H2,1-3H3. The van der Waals surface area contributed by atoms with E-state index in [0.29, 0.717) is 5.54 Å². The summed E-state index contributed by atoms with van der Waals surface area (Å²) in [5.74, 6) is 0.922. The lowest BCUT2D eigenvalue weighted by atomic mass is 9.83. The molecule has 84 valence electrons. The first-order valence-corrected chi connectivity index (χ1v) is 6.45. The molecule has 1 heteroatoms. The largest absolute Gasteiger partial charge is 0.312 e. The number of hydrogen-bond donors (Lipinski definition) is 1. The van der Waals surface area contributed by atoms with Gasteiger partial charge in [-0.1, -0.05) is 39.5 Å². The predicted molar refractivity (Wildman–Crippen MR) is 63.6 cm³/mol. The lowest BCUT2D eigenvalue weighted by molar-refractivity contribution is 0.259. The van der Waals surface area contributed by atoms with E-state index in [-0.39, 0.29) is 0 Å². The molecule has 0 radical (unpaired) electrons. The summed E-state index contributed by atoms with van der Waals surface area (Å²) in [6.45, 7) is 8.32. The van der Waals surface area contributed by atoms with Crippen molar-refractivity contribution < 1.29 is 0 Å². The third-order valence-electron chi connectivity index (χ3n) is 3.85. The topological polar surface area (TPSA) is 12.0 Å². The van der Waals surface area contributed by atoms with Crippen LogP contribution in [0, 0.1) is 5.92 Å². The van der Waals surface area contributed by atoms with Gasteiger partial charge in [-0.15, -0.1) is 0 Å². The van der Waals surface area contributed by atoms with E-state index in [1.807, 2.05) is 0 Å².